The summed E-state index contributed by atoms with van der Waals surface area (Å²) in [5.41, 5.74) is 2.32. The number of aliphatic hydroxyl groups is 1. The molecule has 0 bridgehead atoms. The number of hydrogen-bond acceptors (Lipinski definition) is 4. The lowest BCUT2D eigenvalue weighted by atomic mass is 10.1. The second-order valence-electron chi connectivity index (χ2n) is 5.93. The Morgan fingerprint density at radius 2 is 1.90 bits per heavy atom. The molecule has 5 nitrogen and oxygen atoms in total. The van der Waals surface area contributed by atoms with Crippen LogP contribution in [-0.2, 0) is 16.6 Å². The summed E-state index contributed by atoms with van der Waals surface area (Å²) >= 11 is 0. The second-order valence-corrected chi connectivity index (χ2v) is 7.79. The minimum Gasteiger partial charge on any atom is -0.392 e. The molecule has 1 unspecified atom stereocenters. The average Bonchev–Trinajstić information content (AvgIpc) is 2.37. The van der Waals surface area contributed by atoms with Crippen LogP contribution in [0.2, 0.25) is 0 Å². The van der Waals surface area contributed by atoms with E-state index < -0.39 is 10.0 Å². The maximum Gasteiger partial charge on any atom is 0.243 e. The van der Waals surface area contributed by atoms with E-state index in [4.69, 9.17) is 0 Å². The summed E-state index contributed by atoms with van der Waals surface area (Å²) in [6.07, 6.45) is 0. The summed E-state index contributed by atoms with van der Waals surface area (Å²) in [5, 5.41) is 9.38. The lowest BCUT2D eigenvalue weighted by molar-refractivity contribution is 0.170. The molecule has 1 fully saturated rings. The first-order valence-corrected chi connectivity index (χ1v) is 8.62. The molecule has 1 atom stereocenters. The minimum absolute atomic E-state index is 0.0490. The van der Waals surface area contributed by atoms with Gasteiger partial charge in [-0.05, 0) is 50.6 Å². The molecule has 1 aliphatic rings. The van der Waals surface area contributed by atoms with Gasteiger partial charge in [-0.25, -0.2) is 8.42 Å². The maximum absolute atomic E-state index is 12.9. The summed E-state index contributed by atoms with van der Waals surface area (Å²) in [4.78, 5) is 2.45. The standard InChI is InChI=1S/C15H24N2O3S/c1-11-7-12(2)15(8-14(11)10-18)21(19,20)17-6-5-16(4)9-13(17)3/h7-8,13,18H,5-6,9-10H2,1-4H3. The quantitative estimate of drug-likeness (QED) is 0.908. The predicted molar refractivity (Wildman–Crippen MR) is 82.7 cm³/mol. The van der Waals surface area contributed by atoms with Gasteiger partial charge in [0.05, 0.1) is 11.5 Å². The number of hydrogen-bond donors (Lipinski definition) is 1. The Hall–Kier alpha value is -0.950. The van der Waals surface area contributed by atoms with Crippen molar-refractivity contribution in [2.75, 3.05) is 26.7 Å². The summed E-state index contributed by atoms with van der Waals surface area (Å²) in [6.45, 7) is 7.45. The lowest BCUT2D eigenvalue weighted by Gasteiger charge is -2.37. The average molecular weight is 312 g/mol. The van der Waals surface area contributed by atoms with Gasteiger partial charge in [0, 0.05) is 25.7 Å². The van der Waals surface area contributed by atoms with Crippen molar-refractivity contribution in [3.63, 3.8) is 0 Å². The molecule has 1 N–H and O–H groups in total. The molecular formula is C15H24N2O3S. The highest BCUT2D eigenvalue weighted by atomic mass is 32.2. The monoisotopic (exact) mass is 312 g/mol. The van der Waals surface area contributed by atoms with Gasteiger partial charge in [0.25, 0.3) is 0 Å². The van der Waals surface area contributed by atoms with Crippen molar-refractivity contribution in [2.24, 2.45) is 0 Å². The highest BCUT2D eigenvalue weighted by Gasteiger charge is 2.33. The molecule has 2 rings (SSSR count). The van der Waals surface area contributed by atoms with Gasteiger partial charge in [-0.3, -0.25) is 0 Å². The fraction of sp³-hybridized carbons (Fsp3) is 0.600. The molecule has 21 heavy (non-hydrogen) atoms. The molecule has 0 aromatic heterocycles. The van der Waals surface area contributed by atoms with Gasteiger partial charge in [0.1, 0.15) is 0 Å². The van der Waals surface area contributed by atoms with Crippen molar-refractivity contribution >= 4 is 10.0 Å². The van der Waals surface area contributed by atoms with Crippen molar-refractivity contribution in [1.82, 2.24) is 9.21 Å². The predicted octanol–water partition coefficient (Wildman–Crippen LogP) is 1.12. The van der Waals surface area contributed by atoms with Crippen LogP contribution in [0.3, 0.4) is 0 Å². The number of sulfonamides is 1. The van der Waals surface area contributed by atoms with E-state index in [1.165, 1.54) is 0 Å². The van der Waals surface area contributed by atoms with Crippen LogP contribution in [0.15, 0.2) is 17.0 Å². The van der Waals surface area contributed by atoms with Gasteiger partial charge in [-0.2, -0.15) is 4.31 Å². The number of piperazine rings is 1. The van der Waals surface area contributed by atoms with Gasteiger partial charge in [-0.15, -0.1) is 0 Å². The van der Waals surface area contributed by atoms with Crippen molar-refractivity contribution < 1.29 is 13.5 Å². The molecule has 0 radical (unpaired) electrons. The molecule has 6 heteroatoms. The molecule has 1 aromatic carbocycles. The van der Waals surface area contributed by atoms with Crippen LogP contribution in [0.5, 0.6) is 0 Å². The smallest absolute Gasteiger partial charge is 0.243 e. The Morgan fingerprint density at radius 1 is 1.24 bits per heavy atom. The third-order valence-electron chi connectivity index (χ3n) is 4.16. The van der Waals surface area contributed by atoms with Crippen LogP contribution in [-0.4, -0.2) is 55.5 Å². The molecule has 0 saturated carbocycles. The van der Waals surface area contributed by atoms with E-state index in [1.54, 1.807) is 10.4 Å². The van der Waals surface area contributed by atoms with Crippen LogP contribution in [0.1, 0.15) is 23.6 Å². The Balaban J connectivity index is 2.44. The number of rotatable bonds is 3. The number of benzene rings is 1. The molecule has 0 spiro atoms. The van der Waals surface area contributed by atoms with E-state index in [1.807, 2.05) is 33.9 Å². The third kappa shape index (κ3) is 3.13. The zero-order chi connectivity index (χ0) is 15.8. The van der Waals surface area contributed by atoms with Crippen molar-refractivity contribution in [3.8, 4) is 0 Å². The molecule has 0 amide bonds. The van der Waals surface area contributed by atoms with E-state index in [9.17, 15) is 13.5 Å². The van der Waals surface area contributed by atoms with Gasteiger partial charge in [-0.1, -0.05) is 6.07 Å². The summed E-state index contributed by atoms with van der Waals surface area (Å²) in [6, 6.07) is 3.40. The fourth-order valence-electron chi connectivity index (χ4n) is 2.93. The number of aryl methyl sites for hydroxylation is 2. The molecule has 1 aromatic rings. The molecule has 1 heterocycles. The van der Waals surface area contributed by atoms with Crippen molar-refractivity contribution in [1.29, 1.82) is 0 Å². The second kappa shape index (κ2) is 6.04. The van der Waals surface area contributed by atoms with Crippen LogP contribution < -0.4 is 0 Å². The number of likely N-dealkylation sites (N-methyl/N-ethyl adjacent to an activating group) is 1. The first kappa shape index (κ1) is 16.4. The Labute approximate surface area is 127 Å². The van der Waals surface area contributed by atoms with Gasteiger partial charge in [0.15, 0.2) is 0 Å². The van der Waals surface area contributed by atoms with Gasteiger partial charge in [0.2, 0.25) is 10.0 Å². The summed E-state index contributed by atoms with van der Waals surface area (Å²) in [7, 11) is -1.52. The first-order valence-electron chi connectivity index (χ1n) is 7.18. The van der Waals surface area contributed by atoms with Crippen molar-refractivity contribution in [3.05, 3.63) is 28.8 Å². The minimum atomic E-state index is -3.52. The normalized spacial score (nSPS) is 21.7. The maximum atomic E-state index is 12.9. The molecule has 1 aliphatic heterocycles. The van der Waals surface area contributed by atoms with Crippen LogP contribution in [0.4, 0.5) is 0 Å². The molecule has 118 valence electrons. The van der Waals surface area contributed by atoms with E-state index >= 15 is 0 Å². The Morgan fingerprint density at radius 3 is 2.48 bits per heavy atom. The van der Waals surface area contributed by atoms with Crippen molar-refractivity contribution in [2.45, 2.75) is 38.3 Å². The highest BCUT2D eigenvalue weighted by Crippen LogP contribution is 2.26. The third-order valence-corrected chi connectivity index (χ3v) is 6.32. The Kier molecular flexibility index (Phi) is 4.72. The van der Waals surface area contributed by atoms with Gasteiger partial charge < -0.3 is 10.0 Å². The number of aliphatic hydroxyl groups excluding tert-OH is 1. The zero-order valence-corrected chi connectivity index (χ0v) is 13.9. The van der Waals surface area contributed by atoms with Crippen LogP contribution in [0.25, 0.3) is 0 Å². The van der Waals surface area contributed by atoms with E-state index in [0.717, 1.165) is 24.2 Å². The van der Waals surface area contributed by atoms with Crippen LogP contribution in [0, 0.1) is 13.8 Å². The fourth-order valence-corrected chi connectivity index (χ4v) is 4.80. The van der Waals surface area contributed by atoms with E-state index in [0.29, 0.717) is 17.0 Å². The van der Waals surface area contributed by atoms with E-state index in [-0.39, 0.29) is 12.6 Å². The summed E-state index contributed by atoms with van der Waals surface area (Å²) < 4.78 is 27.4. The first-order chi connectivity index (χ1) is 9.77. The topological polar surface area (TPSA) is 60.9 Å². The SMILES string of the molecule is Cc1cc(C)c(S(=O)(=O)N2CCN(C)CC2C)cc1CO. The van der Waals surface area contributed by atoms with Gasteiger partial charge >= 0.3 is 0 Å². The number of nitrogens with zero attached hydrogens (tertiary/aromatic N) is 2. The lowest BCUT2D eigenvalue weighted by Crippen LogP contribution is -2.52. The zero-order valence-electron chi connectivity index (χ0n) is 13.1. The largest absolute Gasteiger partial charge is 0.392 e. The van der Waals surface area contributed by atoms with E-state index in [2.05, 4.69) is 4.90 Å². The Bertz CT molecular complexity index is 628. The molecule has 0 aliphatic carbocycles. The molecular weight excluding hydrogens is 288 g/mol. The molecule has 1 saturated heterocycles. The summed E-state index contributed by atoms with van der Waals surface area (Å²) in [5.74, 6) is 0. The highest BCUT2D eigenvalue weighted by molar-refractivity contribution is 7.89. The van der Waals surface area contributed by atoms with Crippen LogP contribution >= 0.6 is 0 Å².